The largest absolute Gasteiger partial charge is 0.446 e. The van der Waals surface area contributed by atoms with Crippen LogP contribution in [-0.2, 0) is 4.74 Å². The first kappa shape index (κ1) is 13.2. The zero-order chi connectivity index (χ0) is 13.0. The molecule has 1 aromatic carbocycles. The summed E-state index contributed by atoms with van der Waals surface area (Å²) in [5.41, 5.74) is 6.28. The van der Waals surface area contributed by atoms with Crippen LogP contribution in [0.4, 0.5) is 10.5 Å². The molecule has 4 nitrogen and oxygen atoms in total. The normalized spacial score (nSPS) is 22.8. The monoisotopic (exact) mass is 268 g/mol. The number of benzene rings is 1. The lowest BCUT2D eigenvalue weighted by molar-refractivity contribution is 0.0893. The number of hydrogen-bond acceptors (Lipinski definition) is 3. The number of anilines is 1. The highest BCUT2D eigenvalue weighted by Gasteiger charge is 2.29. The Morgan fingerprint density at radius 3 is 3.06 bits per heavy atom. The van der Waals surface area contributed by atoms with Crippen molar-refractivity contribution in [2.75, 3.05) is 11.9 Å². The van der Waals surface area contributed by atoms with Gasteiger partial charge in [-0.3, -0.25) is 5.32 Å². The Balaban J connectivity index is 1.89. The van der Waals surface area contributed by atoms with Crippen LogP contribution in [0.1, 0.15) is 19.3 Å². The molecule has 5 heteroatoms. The summed E-state index contributed by atoms with van der Waals surface area (Å²) in [6.07, 6.45) is 2.49. The molecule has 1 amide bonds. The molecule has 1 saturated carbocycles. The Morgan fingerprint density at radius 1 is 1.50 bits per heavy atom. The molecular formula is C13H17ClN2O2. The zero-order valence-corrected chi connectivity index (χ0v) is 10.8. The summed E-state index contributed by atoms with van der Waals surface area (Å²) in [6.45, 7) is 0.565. The van der Waals surface area contributed by atoms with Crippen LogP contribution < -0.4 is 11.1 Å². The Hall–Kier alpha value is -1.26. The maximum atomic E-state index is 11.7. The topological polar surface area (TPSA) is 64.3 Å². The Morgan fingerprint density at radius 2 is 2.33 bits per heavy atom. The van der Waals surface area contributed by atoms with Crippen molar-refractivity contribution in [3.8, 4) is 0 Å². The summed E-state index contributed by atoms with van der Waals surface area (Å²) in [7, 11) is 0. The maximum absolute atomic E-state index is 11.7. The van der Waals surface area contributed by atoms with Crippen LogP contribution in [0, 0.1) is 5.92 Å². The van der Waals surface area contributed by atoms with Crippen LogP contribution in [0.2, 0.25) is 5.02 Å². The molecule has 0 heterocycles. The minimum atomic E-state index is -0.442. The Labute approximate surface area is 111 Å². The summed E-state index contributed by atoms with van der Waals surface area (Å²) < 4.78 is 5.39. The zero-order valence-electron chi connectivity index (χ0n) is 10.1. The van der Waals surface area contributed by atoms with Crippen molar-refractivity contribution in [3.05, 3.63) is 29.3 Å². The lowest BCUT2D eigenvalue weighted by atomic mass is 10.1. The standard InChI is InChI=1S/C13H17ClN2O2/c14-10-4-2-5-11(7-10)16-13(17)18-12-6-1-3-9(12)8-15/h2,4-5,7,9,12H,1,3,6,8,15H2,(H,16,17). The molecule has 0 aromatic heterocycles. The van der Waals surface area contributed by atoms with E-state index in [0.717, 1.165) is 19.3 Å². The van der Waals surface area contributed by atoms with Crippen molar-refractivity contribution in [2.45, 2.75) is 25.4 Å². The number of nitrogens with two attached hydrogens (primary N) is 1. The van der Waals surface area contributed by atoms with Gasteiger partial charge < -0.3 is 10.5 Å². The SMILES string of the molecule is NCC1CCCC1OC(=O)Nc1cccc(Cl)c1. The van der Waals surface area contributed by atoms with Crippen molar-refractivity contribution in [3.63, 3.8) is 0 Å². The lowest BCUT2D eigenvalue weighted by Gasteiger charge is -2.18. The van der Waals surface area contributed by atoms with Crippen molar-refractivity contribution in [1.82, 2.24) is 0 Å². The highest BCUT2D eigenvalue weighted by Crippen LogP contribution is 2.27. The van der Waals surface area contributed by atoms with E-state index in [-0.39, 0.29) is 12.0 Å². The maximum Gasteiger partial charge on any atom is 0.411 e. The lowest BCUT2D eigenvalue weighted by Crippen LogP contribution is -2.29. The van der Waals surface area contributed by atoms with E-state index in [1.807, 2.05) is 0 Å². The number of ether oxygens (including phenoxy) is 1. The predicted molar refractivity (Wildman–Crippen MR) is 71.7 cm³/mol. The molecule has 1 aromatic rings. The van der Waals surface area contributed by atoms with Gasteiger partial charge in [0.25, 0.3) is 0 Å². The fourth-order valence-electron chi connectivity index (χ4n) is 2.28. The van der Waals surface area contributed by atoms with Gasteiger partial charge in [0.05, 0.1) is 0 Å². The van der Waals surface area contributed by atoms with E-state index in [4.69, 9.17) is 22.1 Å². The van der Waals surface area contributed by atoms with Crippen molar-refractivity contribution in [2.24, 2.45) is 11.7 Å². The van der Waals surface area contributed by atoms with E-state index in [1.165, 1.54) is 0 Å². The summed E-state index contributed by atoms with van der Waals surface area (Å²) >= 11 is 5.84. The Bertz CT molecular complexity index is 425. The predicted octanol–water partition coefficient (Wildman–Crippen LogP) is 3.02. The number of amides is 1. The van der Waals surface area contributed by atoms with Gasteiger partial charge >= 0.3 is 6.09 Å². The van der Waals surface area contributed by atoms with E-state index >= 15 is 0 Å². The second-order valence-electron chi connectivity index (χ2n) is 4.51. The molecule has 0 bridgehead atoms. The second-order valence-corrected chi connectivity index (χ2v) is 4.94. The fraction of sp³-hybridized carbons (Fsp3) is 0.462. The first-order valence-electron chi connectivity index (χ1n) is 6.12. The van der Waals surface area contributed by atoms with Crippen LogP contribution in [-0.4, -0.2) is 18.7 Å². The number of carbonyl (C=O) groups excluding carboxylic acids is 1. The summed E-state index contributed by atoms with van der Waals surface area (Å²) in [4.78, 5) is 11.7. The third-order valence-electron chi connectivity index (χ3n) is 3.22. The molecule has 1 aliphatic carbocycles. The Kier molecular flexibility index (Phi) is 4.44. The molecule has 0 spiro atoms. The third-order valence-corrected chi connectivity index (χ3v) is 3.46. The third kappa shape index (κ3) is 3.37. The molecule has 2 unspecified atom stereocenters. The van der Waals surface area contributed by atoms with Gasteiger partial charge in [-0.1, -0.05) is 17.7 Å². The van der Waals surface area contributed by atoms with E-state index in [1.54, 1.807) is 24.3 Å². The molecular weight excluding hydrogens is 252 g/mol. The molecule has 1 aliphatic rings. The van der Waals surface area contributed by atoms with Crippen LogP contribution in [0.15, 0.2) is 24.3 Å². The molecule has 0 radical (unpaired) electrons. The molecule has 0 aliphatic heterocycles. The average molecular weight is 269 g/mol. The highest BCUT2D eigenvalue weighted by atomic mass is 35.5. The summed E-state index contributed by atoms with van der Waals surface area (Å²) in [6, 6.07) is 6.97. The number of nitrogens with one attached hydrogen (secondary N) is 1. The number of halogens is 1. The number of rotatable bonds is 3. The van der Waals surface area contributed by atoms with E-state index < -0.39 is 6.09 Å². The van der Waals surface area contributed by atoms with Gasteiger partial charge in [-0.05, 0) is 44.0 Å². The second kappa shape index (κ2) is 6.07. The minimum absolute atomic E-state index is 0.0609. The molecule has 3 N–H and O–H groups in total. The smallest absolute Gasteiger partial charge is 0.411 e. The van der Waals surface area contributed by atoms with Gasteiger partial charge in [0.15, 0.2) is 0 Å². The molecule has 2 atom stereocenters. The van der Waals surface area contributed by atoms with Gasteiger partial charge in [0.1, 0.15) is 6.10 Å². The average Bonchev–Trinajstić information content (AvgIpc) is 2.76. The molecule has 98 valence electrons. The van der Waals surface area contributed by atoms with E-state index in [0.29, 0.717) is 17.3 Å². The summed E-state index contributed by atoms with van der Waals surface area (Å²) in [5.74, 6) is 0.287. The number of hydrogen-bond donors (Lipinski definition) is 2. The molecule has 0 saturated heterocycles. The van der Waals surface area contributed by atoms with E-state index in [9.17, 15) is 4.79 Å². The molecule has 2 rings (SSSR count). The first-order valence-corrected chi connectivity index (χ1v) is 6.50. The van der Waals surface area contributed by atoms with Crippen LogP contribution >= 0.6 is 11.6 Å². The van der Waals surface area contributed by atoms with Crippen LogP contribution in [0.3, 0.4) is 0 Å². The minimum Gasteiger partial charge on any atom is -0.446 e. The van der Waals surface area contributed by atoms with Crippen LogP contribution in [0.25, 0.3) is 0 Å². The van der Waals surface area contributed by atoms with Crippen molar-refractivity contribution >= 4 is 23.4 Å². The quantitative estimate of drug-likeness (QED) is 0.886. The van der Waals surface area contributed by atoms with Crippen LogP contribution in [0.5, 0.6) is 0 Å². The highest BCUT2D eigenvalue weighted by molar-refractivity contribution is 6.30. The van der Waals surface area contributed by atoms with Crippen molar-refractivity contribution < 1.29 is 9.53 Å². The molecule has 18 heavy (non-hydrogen) atoms. The first-order chi connectivity index (χ1) is 8.69. The molecule has 1 fully saturated rings. The van der Waals surface area contributed by atoms with Gasteiger partial charge in [-0.15, -0.1) is 0 Å². The number of carbonyl (C=O) groups is 1. The fourth-order valence-corrected chi connectivity index (χ4v) is 2.47. The van der Waals surface area contributed by atoms with Gasteiger partial charge in [0.2, 0.25) is 0 Å². The van der Waals surface area contributed by atoms with Gasteiger partial charge in [-0.2, -0.15) is 0 Å². The van der Waals surface area contributed by atoms with Crippen molar-refractivity contribution in [1.29, 1.82) is 0 Å². The summed E-state index contributed by atoms with van der Waals surface area (Å²) in [5, 5.41) is 3.25. The van der Waals surface area contributed by atoms with Gasteiger partial charge in [-0.25, -0.2) is 4.79 Å². The van der Waals surface area contributed by atoms with Gasteiger partial charge in [0, 0.05) is 16.6 Å². The van der Waals surface area contributed by atoms with E-state index in [2.05, 4.69) is 5.32 Å².